The normalized spacial score (nSPS) is 21.1. The van der Waals surface area contributed by atoms with Crippen LogP contribution in [0.2, 0.25) is 5.02 Å². The lowest BCUT2D eigenvalue weighted by Gasteiger charge is -2.11. The van der Waals surface area contributed by atoms with E-state index in [1.54, 1.807) is 7.11 Å². The number of methoxy groups -OCH3 is 1. The Morgan fingerprint density at radius 1 is 1.64 bits per heavy atom. The average molecular weight is 213 g/mol. The molecule has 0 aromatic carbocycles. The van der Waals surface area contributed by atoms with Gasteiger partial charge in [0, 0.05) is 12.2 Å². The van der Waals surface area contributed by atoms with E-state index >= 15 is 0 Å². The van der Waals surface area contributed by atoms with Crippen LogP contribution < -0.4 is 10.1 Å². The van der Waals surface area contributed by atoms with Crippen molar-refractivity contribution in [3.05, 3.63) is 22.8 Å². The molecule has 0 bridgehead atoms. The fourth-order valence-corrected chi connectivity index (χ4v) is 2.00. The summed E-state index contributed by atoms with van der Waals surface area (Å²) in [6, 6.07) is 2.34. The Hall–Kier alpha value is -0.800. The van der Waals surface area contributed by atoms with Gasteiger partial charge in [-0.1, -0.05) is 11.6 Å². The van der Waals surface area contributed by atoms with Crippen LogP contribution in [-0.4, -0.2) is 18.6 Å². The third-order valence-electron chi connectivity index (χ3n) is 2.48. The zero-order valence-electron chi connectivity index (χ0n) is 8.09. The SMILES string of the molecule is COc1ncc(C2CCCN2)cc1Cl. The van der Waals surface area contributed by atoms with E-state index in [0.717, 1.165) is 18.5 Å². The van der Waals surface area contributed by atoms with Crippen LogP contribution in [0.5, 0.6) is 5.88 Å². The molecule has 1 aliphatic heterocycles. The molecule has 2 heterocycles. The minimum atomic E-state index is 0.408. The van der Waals surface area contributed by atoms with Crippen LogP contribution in [0.25, 0.3) is 0 Å². The van der Waals surface area contributed by atoms with Gasteiger partial charge >= 0.3 is 0 Å². The fraction of sp³-hybridized carbons (Fsp3) is 0.500. The summed E-state index contributed by atoms with van der Waals surface area (Å²) >= 11 is 5.99. The number of hydrogen-bond acceptors (Lipinski definition) is 3. The van der Waals surface area contributed by atoms with Gasteiger partial charge in [0.1, 0.15) is 5.02 Å². The maximum absolute atomic E-state index is 5.99. The lowest BCUT2D eigenvalue weighted by molar-refractivity contribution is 0.397. The largest absolute Gasteiger partial charge is 0.480 e. The van der Waals surface area contributed by atoms with Gasteiger partial charge in [0.15, 0.2) is 0 Å². The first-order chi connectivity index (χ1) is 6.81. The summed E-state index contributed by atoms with van der Waals surface area (Å²) in [6.07, 6.45) is 4.20. The van der Waals surface area contributed by atoms with Crippen LogP contribution in [0.4, 0.5) is 0 Å². The van der Waals surface area contributed by atoms with Gasteiger partial charge in [-0.15, -0.1) is 0 Å². The molecule has 2 rings (SSSR count). The zero-order valence-corrected chi connectivity index (χ0v) is 8.84. The third-order valence-corrected chi connectivity index (χ3v) is 2.76. The molecule has 1 atom stereocenters. The summed E-state index contributed by atoms with van der Waals surface area (Å²) in [5.74, 6) is 0.494. The molecule has 1 N–H and O–H groups in total. The van der Waals surface area contributed by atoms with E-state index in [0.29, 0.717) is 16.9 Å². The lowest BCUT2D eigenvalue weighted by Crippen LogP contribution is -2.13. The standard InChI is InChI=1S/C10H13ClN2O/c1-14-10-8(11)5-7(6-13-10)9-3-2-4-12-9/h5-6,9,12H,2-4H2,1H3. The van der Waals surface area contributed by atoms with Crippen molar-refractivity contribution >= 4 is 11.6 Å². The Morgan fingerprint density at radius 2 is 2.50 bits per heavy atom. The molecule has 1 fully saturated rings. The number of aromatic nitrogens is 1. The lowest BCUT2D eigenvalue weighted by atomic mass is 10.1. The molecule has 76 valence electrons. The number of halogens is 1. The molecule has 0 aliphatic carbocycles. The molecular weight excluding hydrogens is 200 g/mol. The van der Waals surface area contributed by atoms with Crippen molar-refractivity contribution in [2.45, 2.75) is 18.9 Å². The first-order valence-electron chi connectivity index (χ1n) is 4.74. The maximum atomic E-state index is 5.99. The number of ether oxygens (including phenoxy) is 1. The average Bonchev–Trinajstić information content (AvgIpc) is 2.70. The minimum Gasteiger partial charge on any atom is -0.480 e. The minimum absolute atomic E-state index is 0.408. The van der Waals surface area contributed by atoms with E-state index in [4.69, 9.17) is 16.3 Å². The summed E-state index contributed by atoms with van der Waals surface area (Å²) < 4.78 is 5.00. The van der Waals surface area contributed by atoms with Crippen LogP contribution >= 0.6 is 11.6 Å². The molecule has 1 saturated heterocycles. The highest BCUT2D eigenvalue weighted by atomic mass is 35.5. The first-order valence-corrected chi connectivity index (χ1v) is 5.12. The number of nitrogens with one attached hydrogen (secondary N) is 1. The second kappa shape index (κ2) is 4.15. The number of hydrogen-bond donors (Lipinski definition) is 1. The Balaban J connectivity index is 2.23. The van der Waals surface area contributed by atoms with Crippen molar-refractivity contribution in [1.82, 2.24) is 10.3 Å². The van der Waals surface area contributed by atoms with E-state index in [1.165, 1.54) is 6.42 Å². The van der Waals surface area contributed by atoms with E-state index in [2.05, 4.69) is 10.3 Å². The molecular formula is C10H13ClN2O. The zero-order chi connectivity index (χ0) is 9.97. The van der Waals surface area contributed by atoms with Gasteiger partial charge in [0.25, 0.3) is 0 Å². The van der Waals surface area contributed by atoms with Gasteiger partial charge in [-0.2, -0.15) is 0 Å². The Bertz CT molecular complexity index is 324. The van der Waals surface area contributed by atoms with Crippen LogP contribution in [0, 0.1) is 0 Å². The molecule has 14 heavy (non-hydrogen) atoms. The molecule has 1 unspecified atom stereocenters. The van der Waals surface area contributed by atoms with Crippen molar-refractivity contribution in [3.8, 4) is 5.88 Å². The molecule has 1 aromatic rings. The highest BCUT2D eigenvalue weighted by Gasteiger charge is 2.17. The van der Waals surface area contributed by atoms with E-state index in [-0.39, 0.29) is 0 Å². The van der Waals surface area contributed by atoms with Gasteiger partial charge < -0.3 is 10.1 Å². The molecule has 0 saturated carbocycles. The van der Waals surface area contributed by atoms with Gasteiger partial charge in [-0.05, 0) is 31.0 Å². The Morgan fingerprint density at radius 3 is 3.07 bits per heavy atom. The summed E-state index contributed by atoms with van der Waals surface area (Å²) in [5.41, 5.74) is 1.15. The van der Waals surface area contributed by atoms with Crippen LogP contribution in [0.3, 0.4) is 0 Å². The molecule has 0 radical (unpaired) electrons. The molecule has 4 heteroatoms. The van der Waals surface area contributed by atoms with Crippen molar-refractivity contribution in [1.29, 1.82) is 0 Å². The molecule has 0 amide bonds. The quantitative estimate of drug-likeness (QED) is 0.816. The van der Waals surface area contributed by atoms with Crippen LogP contribution in [0.15, 0.2) is 12.3 Å². The molecule has 1 aliphatic rings. The Labute approximate surface area is 88.4 Å². The van der Waals surface area contributed by atoms with E-state index in [1.807, 2.05) is 12.3 Å². The third kappa shape index (κ3) is 1.83. The summed E-state index contributed by atoms with van der Waals surface area (Å²) in [6.45, 7) is 1.08. The second-order valence-electron chi connectivity index (χ2n) is 3.41. The number of nitrogens with zero attached hydrogens (tertiary/aromatic N) is 1. The maximum Gasteiger partial charge on any atom is 0.232 e. The topological polar surface area (TPSA) is 34.1 Å². The van der Waals surface area contributed by atoms with Crippen LogP contribution in [-0.2, 0) is 0 Å². The molecule has 1 aromatic heterocycles. The summed E-state index contributed by atoms with van der Waals surface area (Å²) in [5, 5.41) is 3.98. The van der Waals surface area contributed by atoms with Crippen molar-refractivity contribution in [3.63, 3.8) is 0 Å². The van der Waals surface area contributed by atoms with Gasteiger partial charge in [-0.3, -0.25) is 0 Å². The van der Waals surface area contributed by atoms with E-state index < -0.39 is 0 Å². The van der Waals surface area contributed by atoms with Crippen LogP contribution in [0.1, 0.15) is 24.4 Å². The number of pyridine rings is 1. The van der Waals surface area contributed by atoms with Gasteiger partial charge in [0.2, 0.25) is 5.88 Å². The Kier molecular flexibility index (Phi) is 2.89. The van der Waals surface area contributed by atoms with Gasteiger partial charge in [0.05, 0.1) is 7.11 Å². The fourth-order valence-electron chi connectivity index (χ4n) is 1.75. The van der Waals surface area contributed by atoms with Crippen molar-refractivity contribution in [2.24, 2.45) is 0 Å². The monoisotopic (exact) mass is 212 g/mol. The predicted molar refractivity (Wildman–Crippen MR) is 55.8 cm³/mol. The van der Waals surface area contributed by atoms with E-state index in [9.17, 15) is 0 Å². The van der Waals surface area contributed by atoms with Crippen molar-refractivity contribution < 1.29 is 4.74 Å². The highest BCUT2D eigenvalue weighted by Crippen LogP contribution is 2.28. The van der Waals surface area contributed by atoms with Crippen molar-refractivity contribution in [2.75, 3.05) is 13.7 Å². The molecule has 3 nitrogen and oxygen atoms in total. The smallest absolute Gasteiger partial charge is 0.232 e. The number of rotatable bonds is 2. The predicted octanol–water partition coefficient (Wildman–Crippen LogP) is 2.17. The summed E-state index contributed by atoms with van der Waals surface area (Å²) in [7, 11) is 1.57. The first kappa shape index (κ1) is 9.74. The summed E-state index contributed by atoms with van der Waals surface area (Å²) in [4.78, 5) is 4.15. The second-order valence-corrected chi connectivity index (χ2v) is 3.82. The highest BCUT2D eigenvalue weighted by molar-refractivity contribution is 6.31. The molecule has 0 spiro atoms. The van der Waals surface area contributed by atoms with Gasteiger partial charge in [-0.25, -0.2) is 4.98 Å².